The van der Waals surface area contributed by atoms with Gasteiger partial charge in [-0.05, 0) is 43.9 Å². The van der Waals surface area contributed by atoms with E-state index in [0.717, 1.165) is 5.56 Å². The number of piperidine rings is 1. The molecule has 4 rings (SSSR count). The highest BCUT2D eigenvalue weighted by atomic mass is 19.3. The van der Waals surface area contributed by atoms with Crippen molar-refractivity contribution < 1.29 is 28.2 Å². The number of nitrogens with zero attached hydrogens (tertiary/aromatic N) is 3. The number of aromatic nitrogens is 2. The topological polar surface area (TPSA) is 84.8 Å². The maximum Gasteiger partial charge on any atom is 0.306 e. The van der Waals surface area contributed by atoms with Gasteiger partial charge in [-0.2, -0.15) is 0 Å². The molecule has 0 atom stereocenters. The lowest BCUT2D eigenvalue weighted by molar-refractivity contribution is -0.142. The SMILES string of the molecule is O=C(O)C1CCN(c2nc(CCCC(F)F)cnc2-c2ccc3c(c2)OCO3)CC1. The van der Waals surface area contributed by atoms with Crippen molar-refractivity contribution in [3.05, 3.63) is 30.1 Å². The van der Waals surface area contributed by atoms with Gasteiger partial charge in [0, 0.05) is 31.3 Å². The minimum Gasteiger partial charge on any atom is -0.481 e. The molecule has 1 aromatic heterocycles. The van der Waals surface area contributed by atoms with Crippen LogP contribution in [0.5, 0.6) is 11.5 Å². The Kier molecular flexibility index (Phi) is 5.96. The number of fused-ring (bicyclic) bond motifs is 1. The van der Waals surface area contributed by atoms with Crippen molar-refractivity contribution in [1.82, 2.24) is 9.97 Å². The number of ether oxygens (including phenoxy) is 2. The van der Waals surface area contributed by atoms with Crippen molar-refractivity contribution in [2.24, 2.45) is 5.92 Å². The number of alkyl halides is 2. The van der Waals surface area contributed by atoms with E-state index in [9.17, 15) is 18.7 Å². The van der Waals surface area contributed by atoms with Gasteiger partial charge in [0.25, 0.3) is 0 Å². The van der Waals surface area contributed by atoms with Crippen molar-refractivity contribution in [2.75, 3.05) is 24.8 Å². The van der Waals surface area contributed by atoms with Crippen LogP contribution in [0.4, 0.5) is 14.6 Å². The predicted molar refractivity (Wildman–Crippen MR) is 105 cm³/mol. The Morgan fingerprint density at radius 3 is 2.73 bits per heavy atom. The van der Waals surface area contributed by atoms with Crippen LogP contribution < -0.4 is 14.4 Å². The molecule has 0 spiro atoms. The molecule has 9 heteroatoms. The molecule has 1 aromatic carbocycles. The van der Waals surface area contributed by atoms with Gasteiger partial charge in [0.05, 0.1) is 11.6 Å². The Bertz CT molecular complexity index is 917. The number of carbonyl (C=O) groups is 1. The zero-order valence-corrected chi connectivity index (χ0v) is 16.4. The third kappa shape index (κ3) is 4.44. The average molecular weight is 419 g/mol. The summed E-state index contributed by atoms with van der Waals surface area (Å²) in [5, 5.41) is 9.27. The second-order valence-corrected chi connectivity index (χ2v) is 7.48. The molecule has 2 aliphatic rings. The Hall–Kier alpha value is -2.97. The normalized spacial score (nSPS) is 16.3. The molecule has 7 nitrogen and oxygen atoms in total. The Morgan fingerprint density at radius 1 is 1.23 bits per heavy atom. The van der Waals surface area contributed by atoms with E-state index >= 15 is 0 Å². The summed E-state index contributed by atoms with van der Waals surface area (Å²) >= 11 is 0. The van der Waals surface area contributed by atoms with Crippen molar-refractivity contribution in [2.45, 2.75) is 38.5 Å². The molecular formula is C21H23F2N3O4. The number of carboxylic acid groups (broad SMARTS) is 1. The van der Waals surface area contributed by atoms with Gasteiger partial charge >= 0.3 is 5.97 Å². The summed E-state index contributed by atoms with van der Waals surface area (Å²) in [5.41, 5.74) is 2.11. The fourth-order valence-corrected chi connectivity index (χ4v) is 3.78. The van der Waals surface area contributed by atoms with Crippen LogP contribution in [0.25, 0.3) is 11.3 Å². The molecule has 1 saturated heterocycles. The number of benzene rings is 1. The average Bonchev–Trinajstić information content (AvgIpc) is 3.21. The smallest absolute Gasteiger partial charge is 0.306 e. The number of hydrogen-bond acceptors (Lipinski definition) is 6. The highest BCUT2D eigenvalue weighted by molar-refractivity contribution is 5.75. The third-order valence-electron chi connectivity index (χ3n) is 5.45. The van der Waals surface area contributed by atoms with Crippen LogP contribution in [-0.2, 0) is 11.2 Å². The quantitative estimate of drug-likeness (QED) is 0.731. The Balaban J connectivity index is 1.62. The summed E-state index contributed by atoms with van der Waals surface area (Å²) in [6.45, 7) is 1.26. The number of aliphatic carboxylic acids is 1. The minimum absolute atomic E-state index is 0.170. The van der Waals surface area contributed by atoms with Crippen LogP contribution >= 0.6 is 0 Å². The summed E-state index contributed by atoms with van der Waals surface area (Å²) in [6.07, 6.45) is 0.901. The number of carboxylic acids is 1. The van der Waals surface area contributed by atoms with E-state index in [1.165, 1.54) is 0 Å². The number of rotatable bonds is 7. The van der Waals surface area contributed by atoms with E-state index in [1.807, 2.05) is 23.1 Å². The molecule has 0 amide bonds. The number of hydrogen-bond donors (Lipinski definition) is 1. The van der Waals surface area contributed by atoms with Gasteiger partial charge in [0.1, 0.15) is 5.69 Å². The molecule has 1 fully saturated rings. The highest BCUT2D eigenvalue weighted by Gasteiger charge is 2.27. The molecule has 30 heavy (non-hydrogen) atoms. The van der Waals surface area contributed by atoms with Crippen LogP contribution in [0.1, 0.15) is 31.4 Å². The second kappa shape index (κ2) is 8.81. The summed E-state index contributed by atoms with van der Waals surface area (Å²) < 4.78 is 35.8. The lowest BCUT2D eigenvalue weighted by Gasteiger charge is -2.32. The van der Waals surface area contributed by atoms with Crippen molar-refractivity contribution >= 4 is 11.8 Å². The minimum atomic E-state index is -2.33. The second-order valence-electron chi connectivity index (χ2n) is 7.48. The van der Waals surface area contributed by atoms with E-state index in [1.54, 1.807) is 6.20 Å². The fourth-order valence-electron chi connectivity index (χ4n) is 3.78. The van der Waals surface area contributed by atoms with Crippen LogP contribution in [0.15, 0.2) is 24.4 Å². The van der Waals surface area contributed by atoms with Gasteiger partial charge in [0.15, 0.2) is 17.3 Å². The van der Waals surface area contributed by atoms with Gasteiger partial charge in [-0.15, -0.1) is 0 Å². The zero-order valence-electron chi connectivity index (χ0n) is 16.4. The van der Waals surface area contributed by atoms with E-state index < -0.39 is 12.4 Å². The molecule has 0 unspecified atom stereocenters. The zero-order chi connectivity index (χ0) is 21.1. The molecule has 2 aliphatic heterocycles. The Morgan fingerprint density at radius 2 is 2.00 bits per heavy atom. The van der Waals surface area contributed by atoms with Crippen LogP contribution in [0.3, 0.4) is 0 Å². The lowest BCUT2D eigenvalue weighted by Crippen LogP contribution is -2.37. The van der Waals surface area contributed by atoms with Gasteiger partial charge in [-0.3, -0.25) is 9.78 Å². The first kappa shape index (κ1) is 20.3. The first-order valence-electron chi connectivity index (χ1n) is 10.0. The molecule has 2 aromatic rings. The first-order chi connectivity index (χ1) is 14.5. The van der Waals surface area contributed by atoms with Crippen molar-refractivity contribution in [1.29, 1.82) is 0 Å². The molecular weight excluding hydrogens is 396 g/mol. The number of halogens is 2. The van der Waals surface area contributed by atoms with E-state index in [0.29, 0.717) is 67.5 Å². The molecule has 1 N–H and O–H groups in total. The van der Waals surface area contributed by atoms with Crippen molar-refractivity contribution in [3.8, 4) is 22.8 Å². The first-order valence-corrected chi connectivity index (χ1v) is 10.0. The van der Waals surface area contributed by atoms with E-state index in [4.69, 9.17) is 14.5 Å². The molecule has 160 valence electrons. The molecule has 0 saturated carbocycles. The maximum atomic E-state index is 12.5. The van der Waals surface area contributed by atoms with Gasteiger partial charge < -0.3 is 19.5 Å². The fraction of sp³-hybridized carbons (Fsp3) is 0.476. The lowest BCUT2D eigenvalue weighted by atomic mass is 9.97. The van der Waals surface area contributed by atoms with E-state index in [2.05, 4.69) is 4.98 Å². The van der Waals surface area contributed by atoms with Gasteiger partial charge in [0.2, 0.25) is 13.2 Å². The van der Waals surface area contributed by atoms with E-state index in [-0.39, 0.29) is 19.1 Å². The Labute approximate surface area is 172 Å². The third-order valence-corrected chi connectivity index (χ3v) is 5.45. The molecule has 0 aliphatic carbocycles. The van der Waals surface area contributed by atoms with Gasteiger partial charge in [-0.25, -0.2) is 13.8 Å². The molecule has 0 radical (unpaired) electrons. The largest absolute Gasteiger partial charge is 0.481 e. The number of anilines is 1. The van der Waals surface area contributed by atoms with Crippen molar-refractivity contribution in [3.63, 3.8) is 0 Å². The molecule has 0 bridgehead atoms. The summed E-state index contributed by atoms with van der Waals surface area (Å²) in [7, 11) is 0. The maximum absolute atomic E-state index is 12.5. The van der Waals surface area contributed by atoms with Crippen LogP contribution in [0, 0.1) is 5.92 Å². The predicted octanol–water partition coefficient (Wildman–Crippen LogP) is 3.76. The van der Waals surface area contributed by atoms with Crippen LogP contribution in [0.2, 0.25) is 0 Å². The summed E-state index contributed by atoms with van der Waals surface area (Å²) in [4.78, 5) is 22.6. The summed E-state index contributed by atoms with van der Waals surface area (Å²) in [5.74, 6) is 0.798. The van der Waals surface area contributed by atoms with Gasteiger partial charge in [-0.1, -0.05) is 0 Å². The standard InChI is InChI=1S/C21H23F2N3O4/c22-18(23)3-1-2-15-11-24-19(14-4-5-16-17(10-14)30-12-29-16)20(25-15)26-8-6-13(7-9-26)21(27)28/h4-5,10-11,13,18H,1-3,6-9,12H2,(H,27,28). The van der Waals surface area contributed by atoms with Crippen LogP contribution in [-0.4, -0.2) is 47.4 Å². The monoisotopic (exact) mass is 419 g/mol. The molecule has 3 heterocycles. The highest BCUT2D eigenvalue weighted by Crippen LogP contribution is 2.38. The number of aryl methyl sites for hydroxylation is 1. The summed E-state index contributed by atoms with van der Waals surface area (Å²) in [6, 6.07) is 5.54.